The molecule has 3 aromatic rings. The van der Waals surface area contributed by atoms with E-state index in [-0.39, 0.29) is 11.6 Å². The summed E-state index contributed by atoms with van der Waals surface area (Å²) in [5, 5.41) is 9.01. The molecule has 10 heteroatoms. The lowest BCUT2D eigenvalue weighted by atomic mass is 10.2. The molecule has 0 saturated heterocycles. The van der Waals surface area contributed by atoms with Crippen LogP contribution in [-0.2, 0) is 0 Å². The Morgan fingerprint density at radius 3 is 2.86 bits per heavy atom. The molecule has 0 atom stereocenters. The lowest BCUT2D eigenvalue weighted by molar-refractivity contribution is 0.632. The summed E-state index contributed by atoms with van der Waals surface area (Å²) in [6.07, 6.45) is 6.25. The number of hydrogen-bond donors (Lipinski definition) is 4. The van der Waals surface area contributed by atoms with E-state index < -0.39 is 5.82 Å². The van der Waals surface area contributed by atoms with E-state index in [0.29, 0.717) is 17.1 Å². The fraction of sp³-hybridized carbons (Fsp3) is 0.111. The number of allylic oxidation sites excluding steroid dienone is 1. The monoisotopic (exact) mass is 398 g/mol. The predicted octanol–water partition coefficient (Wildman–Crippen LogP) is 3.44. The van der Waals surface area contributed by atoms with Crippen LogP contribution in [0.1, 0.15) is 0 Å². The molecular formula is C18H19FN8S. The molecule has 0 aliphatic rings. The van der Waals surface area contributed by atoms with E-state index in [1.54, 1.807) is 50.3 Å². The highest BCUT2D eigenvalue weighted by Crippen LogP contribution is 2.32. The van der Waals surface area contributed by atoms with Crippen molar-refractivity contribution in [2.24, 2.45) is 10.7 Å². The lowest BCUT2D eigenvalue weighted by Gasteiger charge is -2.13. The largest absolute Gasteiger partial charge is 0.403 e. The van der Waals surface area contributed by atoms with E-state index in [2.05, 4.69) is 35.9 Å². The van der Waals surface area contributed by atoms with E-state index >= 15 is 0 Å². The van der Waals surface area contributed by atoms with Gasteiger partial charge in [-0.25, -0.2) is 9.37 Å². The molecule has 0 amide bonds. The van der Waals surface area contributed by atoms with Crippen molar-refractivity contribution in [1.82, 2.24) is 15.0 Å². The lowest BCUT2D eigenvalue weighted by Crippen LogP contribution is -2.09. The first-order chi connectivity index (χ1) is 13.6. The minimum atomic E-state index is -0.400. The summed E-state index contributed by atoms with van der Waals surface area (Å²) < 4.78 is 14.3. The van der Waals surface area contributed by atoms with Gasteiger partial charge in [-0.2, -0.15) is 4.98 Å². The van der Waals surface area contributed by atoms with Gasteiger partial charge in [-0.1, -0.05) is 0 Å². The molecule has 0 unspecified atom stereocenters. The molecule has 8 nitrogen and oxygen atoms in total. The zero-order chi connectivity index (χ0) is 19.9. The van der Waals surface area contributed by atoms with Gasteiger partial charge in [0.15, 0.2) is 0 Å². The Morgan fingerprint density at radius 1 is 1.32 bits per heavy atom. The van der Waals surface area contributed by atoms with Gasteiger partial charge in [0, 0.05) is 44.6 Å². The number of nitrogens with zero attached hydrogens (tertiary/aromatic N) is 4. The van der Waals surface area contributed by atoms with Crippen molar-refractivity contribution in [3.8, 4) is 10.4 Å². The molecule has 144 valence electrons. The third-order valence-electron chi connectivity index (χ3n) is 3.70. The van der Waals surface area contributed by atoms with Gasteiger partial charge in [-0.3, -0.25) is 9.98 Å². The molecule has 0 fully saturated rings. The van der Waals surface area contributed by atoms with Crippen LogP contribution in [0.15, 0.2) is 53.0 Å². The molecule has 0 radical (unpaired) electrons. The minimum absolute atomic E-state index is 0.284. The Morgan fingerprint density at radius 2 is 2.18 bits per heavy atom. The smallest absolute Gasteiger partial charge is 0.229 e. The van der Waals surface area contributed by atoms with E-state index in [9.17, 15) is 4.39 Å². The highest BCUT2D eigenvalue weighted by Gasteiger charge is 2.14. The summed E-state index contributed by atoms with van der Waals surface area (Å²) in [5.74, 6) is 0.319. The number of thiazole rings is 1. The Kier molecular flexibility index (Phi) is 6.12. The standard InChI is InChI=1S/C18H19FN8S/c1-21-7-12(6-20)25-18-24-8-13(16-9-23-10-28-16)17(27-18)26-15-5-11(22-2)3-4-14(15)19/h3-10,22H,20H2,1-2H3,(H2,24,25,26,27)/b12-6+,21-7?. The summed E-state index contributed by atoms with van der Waals surface area (Å²) in [5.41, 5.74) is 9.57. The molecule has 0 aliphatic heterocycles. The second-order valence-electron chi connectivity index (χ2n) is 5.53. The highest BCUT2D eigenvalue weighted by molar-refractivity contribution is 7.13. The SMILES string of the molecule is CN=C/C(=C\N)Nc1ncc(-c2cncs2)c(Nc2cc(NC)ccc2F)n1. The van der Waals surface area contributed by atoms with Gasteiger partial charge in [0.1, 0.15) is 11.6 Å². The molecular weight excluding hydrogens is 379 g/mol. The van der Waals surface area contributed by atoms with E-state index in [4.69, 9.17) is 5.73 Å². The molecule has 0 spiro atoms. The van der Waals surface area contributed by atoms with E-state index in [1.165, 1.54) is 23.6 Å². The number of aliphatic imine (C=N–C) groups is 1. The number of anilines is 4. The predicted molar refractivity (Wildman–Crippen MR) is 113 cm³/mol. The van der Waals surface area contributed by atoms with E-state index in [0.717, 1.165) is 10.6 Å². The van der Waals surface area contributed by atoms with Crippen molar-refractivity contribution in [2.75, 3.05) is 30.0 Å². The molecule has 0 bridgehead atoms. The van der Waals surface area contributed by atoms with Crippen molar-refractivity contribution < 1.29 is 4.39 Å². The van der Waals surface area contributed by atoms with Crippen molar-refractivity contribution >= 4 is 40.7 Å². The van der Waals surface area contributed by atoms with Crippen LogP contribution in [0.4, 0.5) is 27.5 Å². The van der Waals surface area contributed by atoms with Gasteiger partial charge in [0.25, 0.3) is 0 Å². The van der Waals surface area contributed by atoms with Crippen LogP contribution < -0.4 is 21.7 Å². The second-order valence-corrected chi connectivity index (χ2v) is 6.41. The van der Waals surface area contributed by atoms with Crippen LogP contribution in [0.2, 0.25) is 0 Å². The Labute approximate surface area is 165 Å². The average molecular weight is 398 g/mol. The Hall–Kier alpha value is -3.53. The zero-order valence-electron chi connectivity index (χ0n) is 15.3. The number of aromatic nitrogens is 3. The van der Waals surface area contributed by atoms with Gasteiger partial charge >= 0.3 is 0 Å². The summed E-state index contributed by atoms with van der Waals surface area (Å²) in [6.45, 7) is 0. The maximum Gasteiger partial charge on any atom is 0.229 e. The van der Waals surface area contributed by atoms with Crippen LogP contribution >= 0.6 is 11.3 Å². The molecule has 28 heavy (non-hydrogen) atoms. The molecule has 2 heterocycles. The second kappa shape index (κ2) is 8.91. The molecule has 5 N–H and O–H groups in total. The molecule has 0 saturated carbocycles. The number of halogens is 1. The third-order valence-corrected chi connectivity index (χ3v) is 4.50. The van der Waals surface area contributed by atoms with Crippen LogP contribution in [0.25, 0.3) is 10.4 Å². The first-order valence-corrected chi connectivity index (χ1v) is 9.14. The number of rotatable bonds is 7. The maximum atomic E-state index is 14.3. The van der Waals surface area contributed by atoms with Crippen molar-refractivity contribution in [3.63, 3.8) is 0 Å². The normalized spacial score (nSPS) is 11.6. The van der Waals surface area contributed by atoms with Gasteiger partial charge < -0.3 is 21.7 Å². The molecule has 2 aromatic heterocycles. The van der Waals surface area contributed by atoms with Gasteiger partial charge in [-0.15, -0.1) is 11.3 Å². The summed E-state index contributed by atoms with van der Waals surface area (Å²) in [4.78, 5) is 17.7. The van der Waals surface area contributed by atoms with Gasteiger partial charge in [0.2, 0.25) is 5.95 Å². The van der Waals surface area contributed by atoms with Crippen LogP contribution in [0.5, 0.6) is 0 Å². The van der Waals surface area contributed by atoms with Crippen LogP contribution in [0, 0.1) is 5.82 Å². The van der Waals surface area contributed by atoms with Gasteiger partial charge in [-0.05, 0) is 18.2 Å². The number of benzene rings is 1. The van der Waals surface area contributed by atoms with E-state index in [1.807, 2.05) is 0 Å². The number of nitrogens with two attached hydrogens (primary N) is 1. The molecule has 0 aliphatic carbocycles. The van der Waals surface area contributed by atoms with Crippen LogP contribution in [0.3, 0.4) is 0 Å². The molecule has 3 rings (SSSR count). The average Bonchev–Trinajstić information content (AvgIpc) is 3.24. The zero-order valence-corrected chi connectivity index (χ0v) is 16.1. The summed E-state index contributed by atoms with van der Waals surface area (Å²) in [7, 11) is 3.39. The van der Waals surface area contributed by atoms with Crippen molar-refractivity contribution in [3.05, 3.63) is 53.8 Å². The van der Waals surface area contributed by atoms with Crippen molar-refractivity contribution in [2.45, 2.75) is 0 Å². The minimum Gasteiger partial charge on any atom is -0.403 e. The first kappa shape index (κ1) is 19.2. The molecule has 1 aromatic carbocycles. The van der Waals surface area contributed by atoms with Crippen LogP contribution in [-0.4, -0.2) is 35.3 Å². The topological polar surface area (TPSA) is 113 Å². The highest BCUT2D eigenvalue weighted by atomic mass is 32.1. The maximum absolute atomic E-state index is 14.3. The third kappa shape index (κ3) is 4.41. The fourth-order valence-electron chi connectivity index (χ4n) is 2.36. The fourth-order valence-corrected chi connectivity index (χ4v) is 2.99. The quantitative estimate of drug-likeness (QED) is 0.451. The van der Waals surface area contributed by atoms with Gasteiger partial charge in [0.05, 0.1) is 27.3 Å². The summed E-state index contributed by atoms with van der Waals surface area (Å²) >= 11 is 1.43. The summed E-state index contributed by atoms with van der Waals surface area (Å²) in [6, 6.07) is 4.70. The number of nitrogens with one attached hydrogen (secondary N) is 3. The number of hydrogen-bond acceptors (Lipinski definition) is 9. The van der Waals surface area contributed by atoms with Crippen molar-refractivity contribution in [1.29, 1.82) is 0 Å². The first-order valence-electron chi connectivity index (χ1n) is 8.26. The Bertz CT molecular complexity index is 1000. The Balaban J connectivity index is 2.02.